The predicted molar refractivity (Wildman–Crippen MR) is 78.4 cm³/mol. The van der Waals surface area contributed by atoms with Crippen LogP contribution in [0.5, 0.6) is 0 Å². The fourth-order valence-electron chi connectivity index (χ4n) is 2.58. The highest BCUT2D eigenvalue weighted by Crippen LogP contribution is 2.12. The number of carbonyl (C=O) groups is 1. The Labute approximate surface area is 124 Å². The van der Waals surface area contributed by atoms with Gasteiger partial charge in [0.05, 0.1) is 12.2 Å². The number of piperazine rings is 1. The molecule has 21 heavy (non-hydrogen) atoms. The molecule has 110 valence electrons. The lowest BCUT2D eigenvalue weighted by atomic mass is 10.2. The number of hydrogen-bond donors (Lipinski definition) is 0. The molecule has 0 spiro atoms. The maximum Gasteiger partial charge on any atom is 0.237 e. The van der Waals surface area contributed by atoms with E-state index < -0.39 is 0 Å². The van der Waals surface area contributed by atoms with E-state index in [9.17, 15) is 4.79 Å². The number of benzene rings is 1. The molecule has 0 radical (unpaired) electrons. The Hall–Kier alpha value is -2.14. The van der Waals surface area contributed by atoms with Crippen LogP contribution in [0.4, 0.5) is 0 Å². The van der Waals surface area contributed by atoms with Crippen LogP contribution in [0.3, 0.4) is 0 Å². The average molecular weight is 285 g/mol. The lowest BCUT2D eigenvalue weighted by molar-refractivity contribution is -0.136. The van der Waals surface area contributed by atoms with Gasteiger partial charge in [-0.1, -0.05) is 35.5 Å². The van der Waals surface area contributed by atoms with E-state index in [-0.39, 0.29) is 5.91 Å². The summed E-state index contributed by atoms with van der Waals surface area (Å²) in [6.07, 6.45) is 0. The first-order valence-corrected chi connectivity index (χ1v) is 7.17. The molecular weight excluding hydrogens is 266 g/mol. The van der Waals surface area contributed by atoms with E-state index in [2.05, 4.69) is 22.2 Å². The van der Waals surface area contributed by atoms with Gasteiger partial charge in [0.25, 0.3) is 0 Å². The molecule has 1 aromatic heterocycles. The van der Waals surface area contributed by atoms with Crippen molar-refractivity contribution in [1.82, 2.24) is 15.0 Å². The van der Waals surface area contributed by atoms with Crippen LogP contribution >= 0.6 is 0 Å². The zero-order chi connectivity index (χ0) is 14.7. The molecule has 2 aromatic rings. The van der Waals surface area contributed by atoms with Gasteiger partial charge in [-0.2, -0.15) is 0 Å². The summed E-state index contributed by atoms with van der Waals surface area (Å²) in [7, 11) is 0. The van der Waals surface area contributed by atoms with E-state index >= 15 is 0 Å². The molecule has 1 fully saturated rings. The van der Waals surface area contributed by atoms with E-state index in [1.165, 1.54) is 5.56 Å². The molecule has 1 aromatic carbocycles. The van der Waals surface area contributed by atoms with Crippen LogP contribution in [0.1, 0.15) is 17.0 Å². The molecule has 0 atom stereocenters. The third-order valence-electron chi connectivity index (χ3n) is 3.68. The van der Waals surface area contributed by atoms with Crippen molar-refractivity contribution in [3.63, 3.8) is 0 Å². The molecule has 3 rings (SSSR count). The molecule has 0 unspecified atom stereocenters. The summed E-state index contributed by atoms with van der Waals surface area (Å²) in [5.74, 6) is 0.976. The largest absolute Gasteiger partial charge is 0.361 e. The van der Waals surface area contributed by atoms with Gasteiger partial charge >= 0.3 is 0 Å². The summed E-state index contributed by atoms with van der Waals surface area (Å²) in [4.78, 5) is 16.3. The highest BCUT2D eigenvalue weighted by atomic mass is 16.5. The standard InChI is InChI=1S/C16H19N3O2/c1-13-9-15(17-21-13)11-18-7-8-19(16(20)12-18)10-14-5-3-2-4-6-14/h2-6,9H,7-8,10-12H2,1H3. The molecule has 5 nitrogen and oxygen atoms in total. The second kappa shape index (κ2) is 6.10. The minimum atomic E-state index is 0.172. The lowest BCUT2D eigenvalue weighted by Crippen LogP contribution is -2.49. The molecule has 2 heterocycles. The van der Waals surface area contributed by atoms with Gasteiger partial charge in [-0.05, 0) is 12.5 Å². The Morgan fingerprint density at radius 3 is 2.67 bits per heavy atom. The molecule has 0 saturated carbocycles. The van der Waals surface area contributed by atoms with Crippen LogP contribution in [0, 0.1) is 6.92 Å². The number of nitrogens with zero attached hydrogens (tertiary/aromatic N) is 3. The number of hydrogen-bond acceptors (Lipinski definition) is 4. The number of rotatable bonds is 4. The van der Waals surface area contributed by atoms with Crippen LogP contribution in [-0.2, 0) is 17.9 Å². The molecular formula is C16H19N3O2. The van der Waals surface area contributed by atoms with Gasteiger partial charge in [-0.3, -0.25) is 9.69 Å². The molecule has 0 N–H and O–H groups in total. The van der Waals surface area contributed by atoms with E-state index in [1.54, 1.807) is 0 Å². The molecule has 1 amide bonds. The van der Waals surface area contributed by atoms with Crippen molar-refractivity contribution >= 4 is 5.91 Å². The molecule has 1 aliphatic rings. The van der Waals surface area contributed by atoms with Gasteiger partial charge in [0.1, 0.15) is 5.76 Å². The van der Waals surface area contributed by atoms with Gasteiger partial charge in [-0.15, -0.1) is 0 Å². The number of aryl methyl sites for hydroxylation is 1. The number of aromatic nitrogens is 1. The number of amides is 1. The summed E-state index contributed by atoms with van der Waals surface area (Å²) in [6, 6.07) is 12.0. The molecule has 1 aliphatic heterocycles. The van der Waals surface area contributed by atoms with Crippen molar-refractivity contribution < 1.29 is 9.32 Å². The smallest absolute Gasteiger partial charge is 0.237 e. The van der Waals surface area contributed by atoms with Crippen molar-refractivity contribution in [2.24, 2.45) is 0 Å². The zero-order valence-electron chi connectivity index (χ0n) is 12.2. The predicted octanol–water partition coefficient (Wildman–Crippen LogP) is 1.83. The monoisotopic (exact) mass is 285 g/mol. The Balaban J connectivity index is 1.55. The molecule has 5 heteroatoms. The normalized spacial score (nSPS) is 16.4. The topological polar surface area (TPSA) is 49.6 Å². The van der Waals surface area contributed by atoms with Crippen LogP contribution in [0.2, 0.25) is 0 Å². The Morgan fingerprint density at radius 2 is 2.00 bits per heavy atom. The minimum Gasteiger partial charge on any atom is -0.361 e. The third kappa shape index (κ3) is 3.49. The SMILES string of the molecule is Cc1cc(CN2CCN(Cc3ccccc3)C(=O)C2)no1. The van der Waals surface area contributed by atoms with Gasteiger partial charge in [0.2, 0.25) is 5.91 Å². The van der Waals surface area contributed by atoms with Crippen LogP contribution in [0.25, 0.3) is 0 Å². The third-order valence-corrected chi connectivity index (χ3v) is 3.68. The zero-order valence-corrected chi connectivity index (χ0v) is 12.2. The van der Waals surface area contributed by atoms with Crippen molar-refractivity contribution in [3.8, 4) is 0 Å². The molecule has 0 aliphatic carbocycles. The van der Waals surface area contributed by atoms with Crippen LogP contribution < -0.4 is 0 Å². The van der Waals surface area contributed by atoms with E-state index in [0.29, 0.717) is 19.6 Å². The van der Waals surface area contributed by atoms with Gasteiger partial charge in [-0.25, -0.2) is 0 Å². The summed E-state index contributed by atoms with van der Waals surface area (Å²) >= 11 is 0. The van der Waals surface area contributed by atoms with Gasteiger partial charge < -0.3 is 9.42 Å². The Bertz CT molecular complexity index is 609. The first-order valence-electron chi connectivity index (χ1n) is 7.17. The van der Waals surface area contributed by atoms with Crippen molar-refractivity contribution in [3.05, 3.63) is 53.4 Å². The fraction of sp³-hybridized carbons (Fsp3) is 0.375. The Morgan fingerprint density at radius 1 is 1.19 bits per heavy atom. The minimum absolute atomic E-state index is 0.172. The van der Waals surface area contributed by atoms with E-state index in [1.807, 2.05) is 36.1 Å². The van der Waals surface area contributed by atoms with Crippen molar-refractivity contribution in [2.75, 3.05) is 19.6 Å². The van der Waals surface area contributed by atoms with Crippen LogP contribution in [-0.4, -0.2) is 40.5 Å². The number of carbonyl (C=O) groups excluding carboxylic acids is 1. The summed E-state index contributed by atoms with van der Waals surface area (Å²) < 4.78 is 5.06. The Kier molecular flexibility index (Phi) is 4.01. The molecule has 1 saturated heterocycles. The maximum absolute atomic E-state index is 12.2. The van der Waals surface area contributed by atoms with E-state index in [4.69, 9.17) is 4.52 Å². The van der Waals surface area contributed by atoms with Crippen molar-refractivity contribution in [2.45, 2.75) is 20.0 Å². The summed E-state index contributed by atoms with van der Waals surface area (Å²) in [5, 5.41) is 3.98. The summed E-state index contributed by atoms with van der Waals surface area (Å²) in [5.41, 5.74) is 2.06. The quantitative estimate of drug-likeness (QED) is 0.860. The second-order valence-electron chi connectivity index (χ2n) is 5.44. The maximum atomic E-state index is 12.2. The van der Waals surface area contributed by atoms with Crippen molar-refractivity contribution in [1.29, 1.82) is 0 Å². The average Bonchev–Trinajstić information content (AvgIpc) is 2.88. The van der Waals surface area contributed by atoms with Gasteiger partial charge in [0.15, 0.2) is 0 Å². The van der Waals surface area contributed by atoms with Crippen LogP contribution in [0.15, 0.2) is 40.9 Å². The highest BCUT2D eigenvalue weighted by molar-refractivity contribution is 5.79. The van der Waals surface area contributed by atoms with E-state index in [0.717, 1.165) is 24.5 Å². The first kappa shape index (κ1) is 13.8. The summed E-state index contributed by atoms with van der Waals surface area (Å²) in [6.45, 7) is 5.30. The lowest BCUT2D eigenvalue weighted by Gasteiger charge is -2.33. The molecule has 0 bridgehead atoms. The first-order chi connectivity index (χ1) is 10.2. The second-order valence-corrected chi connectivity index (χ2v) is 5.44. The highest BCUT2D eigenvalue weighted by Gasteiger charge is 2.24. The fourth-order valence-corrected chi connectivity index (χ4v) is 2.58. The van der Waals surface area contributed by atoms with Gasteiger partial charge in [0, 0.05) is 32.2 Å².